The van der Waals surface area contributed by atoms with Gasteiger partial charge >= 0.3 is 5.97 Å². The standard InChI is InChI=1S/C14H18N2O5/c17-11-7-6-10(8-12(11)18)9-15-16-13(19)4-2-1-3-5-14(20)21/h6-9,17-18H,1-5H2,(H,16,19)(H,20,21)/b15-9+. The van der Waals surface area contributed by atoms with Gasteiger partial charge in [0, 0.05) is 12.8 Å². The summed E-state index contributed by atoms with van der Waals surface area (Å²) in [5.41, 5.74) is 2.87. The highest BCUT2D eigenvalue weighted by Gasteiger charge is 2.01. The average Bonchev–Trinajstić information content (AvgIpc) is 2.42. The second-order valence-corrected chi connectivity index (χ2v) is 4.50. The van der Waals surface area contributed by atoms with Crippen LogP contribution in [0.15, 0.2) is 23.3 Å². The van der Waals surface area contributed by atoms with E-state index in [0.717, 1.165) is 0 Å². The van der Waals surface area contributed by atoms with Crippen molar-refractivity contribution < 1.29 is 24.9 Å². The van der Waals surface area contributed by atoms with Gasteiger partial charge in [-0.15, -0.1) is 0 Å². The Labute approximate surface area is 121 Å². The Morgan fingerprint density at radius 2 is 1.81 bits per heavy atom. The number of nitrogens with zero attached hydrogens (tertiary/aromatic N) is 1. The fourth-order valence-corrected chi connectivity index (χ4v) is 1.59. The van der Waals surface area contributed by atoms with Crippen LogP contribution in [-0.2, 0) is 9.59 Å². The van der Waals surface area contributed by atoms with E-state index >= 15 is 0 Å². The fraction of sp³-hybridized carbons (Fsp3) is 0.357. The van der Waals surface area contributed by atoms with E-state index in [2.05, 4.69) is 10.5 Å². The number of carbonyl (C=O) groups excluding carboxylic acids is 1. The first-order valence-corrected chi connectivity index (χ1v) is 6.54. The molecule has 0 aliphatic heterocycles. The van der Waals surface area contributed by atoms with Gasteiger partial charge in [0.2, 0.25) is 5.91 Å². The summed E-state index contributed by atoms with van der Waals surface area (Å²) in [6, 6.07) is 4.18. The molecule has 114 valence electrons. The molecule has 0 fully saturated rings. The van der Waals surface area contributed by atoms with Gasteiger partial charge in [-0.05, 0) is 36.6 Å². The molecule has 0 heterocycles. The molecule has 7 heteroatoms. The number of nitrogens with one attached hydrogen (secondary N) is 1. The maximum absolute atomic E-state index is 11.4. The molecule has 1 rings (SSSR count). The van der Waals surface area contributed by atoms with Crippen LogP contribution in [0, 0.1) is 0 Å². The number of carboxylic acids is 1. The first kappa shape index (κ1) is 16.5. The van der Waals surface area contributed by atoms with Gasteiger partial charge in [0.25, 0.3) is 0 Å². The second-order valence-electron chi connectivity index (χ2n) is 4.50. The smallest absolute Gasteiger partial charge is 0.303 e. The molecule has 1 aromatic carbocycles. The molecule has 0 spiro atoms. The molecule has 21 heavy (non-hydrogen) atoms. The quantitative estimate of drug-likeness (QED) is 0.251. The lowest BCUT2D eigenvalue weighted by Crippen LogP contribution is -2.16. The Kier molecular flexibility index (Phi) is 6.73. The number of hydrazone groups is 1. The lowest BCUT2D eigenvalue weighted by Gasteiger charge is -2.00. The average molecular weight is 294 g/mol. The third-order valence-electron chi connectivity index (χ3n) is 2.70. The molecule has 0 unspecified atom stereocenters. The summed E-state index contributed by atoms with van der Waals surface area (Å²) in [5, 5.41) is 30.6. The molecule has 0 atom stereocenters. The molecule has 0 saturated carbocycles. The molecule has 7 nitrogen and oxygen atoms in total. The Hall–Kier alpha value is -2.57. The zero-order valence-electron chi connectivity index (χ0n) is 11.5. The van der Waals surface area contributed by atoms with Gasteiger partial charge in [-0.2, -0.15) is 5.10 Å². The molecular weight excluding hydrogens is 276 g/mol. The number of carboxylic acid groups (broad SMARTS) is 1. The van der Waals surface area contributed by atoms with Crippen LogP contribution in [0.25, 0.3) is 0 Å². The molecule has 0 radical (unpaired) electrons. The van der Waals surface area contributed by atoms with Gasteiger partial charge in [-0.1, -0.05) is 6.42 Å². The van der Waals surface area contributed by atoms with Crippen molar-refractivity contribution in [3.8, 4) is 11.5 Å². The molecular formula is C14H18N2O5. The highest BCUT2D eigenvalue weighted by atomic mass is 16.4. The van der Waals surface area contributed by atoms with Crippen molar-refractivity contribution in [3.63, 3.8) is 0 Å². The van der Waals surface area contributed by atoms with Gasteiger partial charge < -0.3 is 15.3 Å². The highest BCUT2D eigenvalue weighted by Crippen LogP contribution is 2.23. The maximum atomic E-state index is 11.4. The van der Waals surface area contributed by atoms with Crippen LogP contribution in [0.4, 0.5) is 0 Å². The Bertz CT molecular complexity index is 528. The van der Waals surface area contributed by atoms with E-state index in [1.54, 1.807) is 0 Å². The first-order valence-electron chi connectivity index (χ1n) is 6.54. The summed E-state index contributed by atoms with van der Waals surface area (Å²) in [5.74, 6) is -1.58. The van der Waals surface area contributed by atoms with E-state index in [9.17, 15) is 14.7 Å². The number of hydrogen-bond donors (Lipinski definition) is 4. The largest absolute Gasteiger partial charge is 0.504 e. The van der Waals surface area contributed by atoms with E-state index in [-0.39, 0.29) is 30.2 Å². The van der Waals surface area contributed by atoms with Gasteiger partial charge in [0.05, 0.1) is 6.21 Å². The normalized spacial score (nSPS) is 10.7. The van der Waals surface area contributed by atoms with Gasteiger partial charge in [0.1, 0.15) is 0 Å². The number of hydrogen-bond acceptors (Lipinski definition) is 5. The summed E-state index contributed by atoms with van der Waals surface area (Å²) in [7, 11) is 0. The van der Waals surface area contributed by atoms with Crippen LogP contribution in [0.3, 0.4) is 0 Å². The van der Waals surface area contributed by atoms with Crippen molar-refractivity contribution in [3.05, 3.63) is 23.8 Å². The Morgan fingerprint density at radius 1 is 1.10 bits per heavy atom. The summed E-state index contributed by atoms with van der Waals surface area (Å²) in [6.07, 6.45) is 3.58. The molecule has 0 aromatic heterocycles. The van der Waals surface area contributed by atoms with Crippen molar-refractivity contribution in [1.29, 1.82) is 0 Å². The van der Waals surface area contributed by atoms with Crippen molar-refractivity contribution in [1.82, 2.24) is 5.43 Å². The number of benzene rings is 1. The topological polar surface area (TPSA) is 119 Å². The van der Waals surface area contributed by atoms with Crippen molar-refractivity contribution in [2.45, 2.75) is 32.1 Å². The van der Waals surface area contributed by atoms with Crippen LogP contribution in [-0.4, -0.2) is 33.4 Å². The monoisotopic (exact) mass is 294 g/mol. The van der Waals surface area contributed by atoms with Crippen LogP contribution >= 0.6 is 0 Å². The zero-order valence-corrected chi connectivity index (χ0v) is 11.5. The lowest BCUT2D eigenvalue weighted by molar-refractivity contribution is -0.137. The summed E-state index contributed by atoms with van der Waals surface area (Å²) in [4.78, 5) is 21.7. The summed E-state index contributed by atoms with van der Waals surface area (Å²) < 4.78 is 0. The van der Waals surface area contributed by atoms with E-state index in [4.69, 9.17) is 10.2 Å². The molecule has 4 N–H and O–H groups in total. The SMILES string of the molecule is O=C(O)CCCCCC(=O)N/N=C/c1ccc(O)c(O)c1. The molecule has 0 aliphatic rings. The van der Waals surface area contributed by atoms with Crippen molar-refractivity contribution in [2.75, 3.05) is 0 Å². The van der Waals surface area contributed by atoms with Crippen LogP contribution < -0.4 is 5.43 Å². The lowest BCUT2D eigenvalue weighted by atomic mass is 10.1. The van der Waals surface area contributed by atoms with Crippen LogP contribution in [0.5, 0.6) is 11.5 Å². The number of rotatable bonds is 8. The number of phenolic OH excluding ortho intramolecular Hbond substituents is 2. The summed E-state index contributed by atoms with van der Waals surface area (Å²) in [6.45, 7) is 0. The molecule has 1 amide bonds. The number of unbranched alkanes of at least 4 members (excludes halogenated alkanes) is 2. The van der Waals surface area contributed by atoms with E-state index < -0.39 is 5.97 Å². The van der Waals surface area contributed by atoms with Gasteiger partial charge in [-0.3, -0.25) is 9.59 Å². The van der Waals surface area contributed by atoms with Gasteiger partial charge in [0.15, 0.2) is 11.5 Å². The highest BCUT2D eigenvalue weighted by molar-refractivity contribution is 5.83. The second kappa shape index (κ2) is 8.57. The molecule has 0 bridgehead atoms. The number of carbonyl (C=O) groups is 2. The predicted molar refractivity (Wildman–Crippen MR) is 76.2 cm³/mol. The third kappa shape index (κ3) is 6.95. The minimum absolute atomic E-state index is 0.115. The van der Waals surface area contributed by atoms with Crippen LogP contribution in [0.1, 0.15) is 37.7 Å². The van der Waals surface area contributed by atoms with E-state index in [1.165, 1.54) is 24.4 Å². The minimum Gasteiger partial charge on any atom is -0.504 e. The van der Waals surface area contributed by atoms with E-state index in [1.807, 2.05) is 0 Å². The van der Waals surface area contributed by atoms with E-state index in [0.29, 0.717) is 24.8 Å². The predicted octanol–water partition coefficient (Wildman–Crippen LogP) is 1.58. The Balaban J connectivity index is 2.24. The third-order valence-corrected chi connectivity index (χ3v) is 2.70. The number of aliphatic carboxylic acids is 1. The Morgan fingerprint density at radius 3 is 2.48 bits per heavy atom. The van der Waals surface area contributed by atoms with Crippen LogP contribution in [0.2, 0.25) is 0 Å². The maximum Gasteiger partial charge on any atom is 0.303 e. The fourth-order valence-electron chi connectivity index (χ4n) is 1.59. The number of phenols is 2. The first-order chi connectivity index (χ1) is 9.99. The minimum atomic E-state index is -0.832. The number of aromatic hydroxyl groups is 2. The summed E-state index contributed by atoms with van der Waals surface area (Å²) >= 11 is 0. The molecule has 1 aromatic rings. The molecule has 0 saturated heterocycles. The number of amides is 1. The van der Waals surface area contributed by atoms with Crippen molar-refractivity contribution >= 4 is 18.1 Å². The van der Waals surface area contributed by atoms with Gasteiger partial charge in [-0.25, -0.2) is 5.43 Å². The zero-order chi connectivity index (χ0) is 15.7. The van der Waals surface area contributed by atoms with Crippen molar-refractivity contribution in [2.24, 2.45) is 5.10 Å². The molecule has 0 aliphatic carbocycles.